The van der Waals surface area contributed by atoms with Crippen LogP contribution in [0.5, 0.6) is 11.5 Å². The topological polar surface area (TPSA) is 59.9 Å². The SMILES string of the molecule is CNC(=O)/C(=N\OC)c1ccccc1Oc1ccccc1. The standard InChI is InChI=1S/C16H16N2O3/c1-17-16(19)15(18-20-2)13-10-6-7-11-14(13)21-12-8-4-3-5-9-12/h3-11H,1-2H3,(H,17,19)/b18-15-. The molecule has 0 spiro atoms. The van der Waals surface area contributed by atoms with Gasteiger partial charge in [-0.1, -0.05) is 35.5 Å². The van der Waals surface area contributed by atoms with Crippen LogP contribution in [0.3, 0.4) is 0 Å². The van der Waals surface area contributed by atoms with Crippen molar-refractivity contribution >= 4 is 11.6 Å². The molecule has 0 fully saturated rings. The van der Waals surface area contributed by atoms with Crippen molar-refractivity contribution in [3.8, 4) is 11.5 Å². The molecule has 21 heavy (non-hydrogen) atoms. The first-order valence-electron chi connectivity index (χ1n) is 6.41. The molecule has 5 nitrogen and oxygen atoms in total. The number of rotatable bonds is 5. The number of amides is 1. The Hall–Kier alpha value is -2.82. The monoisotopic (exact) mass is 284 g/mol. The highest BCUT2D eigenvalue weighted by atomic mass is 16.6. The van der Waals surface area contributed by atoms with Crippen LogP contribution in [0.4, 0.5) is 0 Å². The summed E-state index contributed by atoms with van der Waals surface area (Å²) in [4.78, 5) is 16.7. The van der Waals surface area contributed by atoms with Crippen LogP contribution in [0.25, 0.3) is 0 Å². The molecular weight excluding hydrogens is 268 g/mol. The van der Waals surface area contributed by atoms with Crippen molar-refractivity contribution in [3.05, 3.63) is 60.2 Å². The molecule has 0 heterocycles. The third-order valence-corrected chi connectivity index (χ3v) is 2.74. The Labute approximate surface area is 123 Å². The van der Waals surface area contributed by atoms with Crippen LogP contribution in [0.15, 0.2) is 59.8 Å². The van der Waals surface area contributed by atoms with Gasteiger partial charge in [-0.2, -0.15) is 0 Å². The van der Waals surface area contributed by atoms with Crippen molar-refractivity contribution < 1.29 is 14.4 Å². The molecule has 2 rings (SSSR count). The average molecular weight is 284 g/mol. The Balaban J connectivity index is 2.40. The lowest BCUT2D eigenvalue weighted by molar-refractivity contribution is -0.114. The normalized spacial score (nSPS) is 10.9. The lowest BCUT2D eigenvalue weighted by atomic mass is 10.1. The maximum Gasteiger partial charge on any atom is 0.273 e. The van der Waals surface area contributed by atoms with E-state index in [2.05, 4.69) is 10.5 Å². The molecule has 0 aromatic heterocycles. The lowest BCUT2D eigenvalue weighted by Gasteiger charge is -2.11. The van der Waals surface area contributed by atoms with Gasteiger partial charge in [0.25, 0.3) is 5.91 Å². The van der Waals surface area contributed by atoms with Crippen LogP contribution in [-0.2, 0) is 9.63 Å². The zero-order valence-corrected chi connectivity index (χ0v) is 11.9. The average Bonchev–Trinajstić information content (AvgIpc) is 2.54. The van der Waals surface area contributed by atoms with Crippen molar-refractivity contribution in [1.82, 2.24) is 5.32 Å². The summed E-state index contributed by atoms with van der Waals surface area (Å²) < 4.78 is 5.82. The minimum Gasteiger partial charge on any atom is -0.457 e. The molecule has 1 amide bonds. The molecule has 2 aromatic rings. The molecule has 0 saturated heterocycles. The molecule has 5 heteroatoms. The number of oxime groups is 1. The fourth-order valence-electron chi connectivity index (χ4n) is 1.79. The van der Waals surface area contributed by atoms with Crippen LogP contribution in [-0.4, -0.2) is 25.8 Å². The molecule has 0 aliphatic carbocycles. The molecule has 1 N–H and O–H groups in total. The molecule has 0 saturated carbocycles. The van der Waals surface area contributed by atoms with Crippen molar-refractivity contribution in [2.24, 2.45) is 5.16 Å². The summed E-state index contributed by atoms with van der Waals surface area (Å²) in [6, 6.07) is 16.5. The summed E-state index contributed by atoms with van der Waals surface area (Å²) in [5, 5.41) is 6.33. The van der Waals surface area contributed by atoms with E-state index >= 15 is 0 Å². The van der Waals surface area contributed by atoms with Crippen LogP contribution >= 0.6 is 0 Å². The van der Waals surface area contributed by atoms with Gasteiger partial charge in [0, 0.05) is 7.05 Å². The van der Waals surface area contributed by atoms with E-state index in [0.717, 1.165) is 0 Å². The first-order chi connectivity index (χ1) is 10.3. The molecule has 0 aliphatic rings. The van der Waals surface area contributed by atoms with Gasteiger partial charge in [-0.3, -0.25) is 4.79 Å². The number of ether oxygens (including phenoxy) is 1. The predicted molar refractivity (Wildman–Crippen MR) is 80.6 cm³/mol. The molecule has 0 bridgehead atoms. The second-order valence-electron chi connectivity index (χ2n) is 4.11. The van der Waals surface area contributed by atoms with Crippen molar-refractivity contribution in [2.75, 3.05) is 14.2 Å². The van der Waals surface area contributed by atoms with Gasteiger partial charge in [0.1, 0.15) is 18.6 Å². The van der Waals surface area contributed by atoms with Gasteiger partial charge in [0.05, 0.1) is 5.56 Å². The van der Waals surface area contributed by atoms with Crippen LogP contribution in [0.2, 0.25) is 0 Å². The van der Waals surface area contributed by atoms with E-state index in [1.807, 2.05) is 36.4 Å². The molecule has 0 radical (unpaired) electrons. The predicted octanol–water partition coefficient (Wildman–Crippen LogP) is 2.58. The van der Waals surface area contributed by atoms with Crippen LogP contribution in [0.1, 0.15) is 5.56 Å². The lowest BCUT2D eigenvalue weighted by Crippen LogP contribution is -2.28. The van der Waals surface area contributed by atoms with Crippen molar-refractivity contribution in [2.45, 2.75) is 0 Å². The fraction of sp³-hybridized carbons (Fsp3) is 0.125. The van der Waals surface area contributed by atoms with Gasteiger partial charge in [0.2, 0.25) is 0 Å². The summed E-state index contributed by atoms with van der Waals surface area (Å²) in [6.45, 7) is 0. The number of nitrogens with zero attached hydrogens (tertiary/aromatic N) is 1. The summed E-state index contributed by atoms with van der Waals surface area (Å²) in [5.41, 5.74) is 0.717. The summed E-state index contributed by atoms with van der Waals surface area (Å²) in [6.07, 6.45) is 0. The number of hydrogen-bond donors (Lipinski definition) is 1. The molecule has 2 aromatic carbocycles. The van der Waals surface area contributed by atoms with Crippen LogP contribution < -0.4 is 10.1 Å². The zero-order valence-electron chi connectivity index (χ0n) is 11.9. The van der Waals surface area contributed by atoms with E-state index in [-0.39, 0.29) is 11.6 Å². The van der Waals surface area contributed by atoms with Crippen LogP contribution in [0, 0.1) is 0 Å². The third kappa shape index (κ3) is 3.60. The van der Waals surface area contributed by atoms with E-state index in [1.165, 1.54) is 14.2 Å². The van der Waals surface area contributed by atoms with Gasteiger partial charge >= 0.3 is 0 Å². The molecule has 0 unspecified atom stereocenters. The molecular formula is C16H16N2O3. The number of benzene rings is 2. The van der Waals surface area contributed by atoms with Gasteiger partial charge in [0.15, 0.2) is 5.71 Å². The minimum atomic E-state index is -0.346. The van der Waals surface area contributed by atoms with Crippen molar-refractivity contribution in [1.29, 1.82) is 0 Å². The third-order valence-electron chi connectivity index (χ3n) is 2.74. The highest BCUT2D eigenvalue weighted by Gasteiger charge is 2.18. The number of carbonyl (C=O) groups is 1. The smallest absolute Gasteiger partial charge is 0.273 e. The van der Waals surface area contributed by atoms with Gasteiger partial charge in [-0.25, -0.2) is 0 Å². The van der Waals surface area contributed by atoms with E-state index in [1.54, 1.807) is 18.2 Å². The largest absolute Gasteiger partial charge is 0.457 e. The summed E-state index contributed by atoms with van der Waals surface area (Å²) in [5.74, 6) is 0.864. The fourth-order valence-corrected chi connectivity index (χ4v) is 1.79. The van der Waals surface area contributed by atoms with Gasteiger partial charge in [-0.05, 0) is 24.3 Å². The van der Waals surface area contributed by atoms with E-state index in [4.69, 9.17) is 9.57 Å². The first-order valence-corrected chi connectivity index (χ1v) is 6.41. The van der Waals surface area contributed by atoms with Crippen molar-refractivity contribution in [3.63, 3.8) is 0 Å². The summed E-state index contributed by atoms with van der Waals surface area (Å²) >= 11 is 0. The second kappa shape index (κ2) is 7.09. The number of hydrogen-bond acceptors (Lipinski definition) is 4. The number of likely N-dealkylation sites (N-methyl/N-ethyl adjacent to an activating group) is 1. The maximum absolute atomic E-state index is 11.9. The van der Waals surface area contributed by atoms with Gasteiger partial charge < -0.3 is 14.9 Å². The Morgan fingerprint density at radius 2 is 1.71 bits per heavy atom. The zero-order chi connectivity index (χ0) is 15.1. The second-order valence-corrected chi connectivity index (χ2v) is 4.11. The van der Waals surface area contributed by atoms with E-state index < -0.39 is 0 Å². The first kappa shape index (κ1) is 14.6. The van der Waals surface area contributed by atoms with Gasteiger partial charge in [-0.15, -0.1) is 0 Å². The molecule has 108 valence electrons. The Morgan fingerprint density at radius 1 is 1.05 bits per heavy atom. The maximum atomic E-state index is 11.9. The Bertz CT molecular complexity index is 639. The molecule has 0 aliphatic heterocycles. The summed E-state index contributed by atoms with van der Waals surface area (Å²) in [7, 11) is 2.93. The number of nitrogens with one attached hydrogen (secondary N) is 1. The Kier molecular flexibility index (Phi) is 4.93. The quantitative estimate of drug-likeness (QED) is 0.678. The minimum absolute atomic E-state index is 0.159. The molecule has 0 atom stereocenters. The van der Waals surface area contributed by atoms with E-state index in [9.17, 15) is 4.79 Å². The number of carbonyl (C=O) groups excluding carboxylic acids is 1. The van der Waals surface area contributed by atoms with E-state index in [0.29, 0.717) is 17.1 Å². The highest BCUT2D eigenvalue weighted by molar-refractivity contribution is 6.45. The Morgan fingerprint density at radius 3 is 2.38 bits per heavy atom. The highest BCUT2D eigenvalue weighted by Crippen LogP contribution is 2.25. The number of para-hydroxylation sites is 2.